The second kappa shape index (κ2) is 6.77. The number of carbonyl (C=O) groups is 1. The number of hydrogen-bond donors (Lipinski definition) is 0. The van der Waals surface area contributed by atoms with E-state index >= 15 is 0 Å². The number of aldehydes is 1. The first-order valence-electron chi connectivity index (χ1n) is 8.73. The highest BCUT2D eigenvalue weighted by Crippen LogP contribution is 2.40. The highest BCUT2D eigenvalue weighted by molar-refractivity contribution is 7.90. The molecule has 0 bridgehead atoms. The minimum atomic E-state index is -4.12. The normalized spacial score (nSPS) is 19.0. The fourth-order valence-electron chi connectivity index (χ4n) is 3.48. The molecule has 1 saturated heterocycles. The first-order valence-corrected chi connectivity index (χ1v) is 10.6. The Kier molecular flexibility index (Phi) is 4.62. The first-order chi connectivity index (χ1) is 13.6. The van der Waals surface area contributed by atoms with Gasteiger partial charge in [-0.3, -0.25) is 0 Å². The quantitative estimate of drug-likeness (QED) is 0.580. The van der Waals surface area contributed by atoms with Crippen molar-refractivity contribution in [2.24, 2.45) is 0 Å². The molecule has 2 aromatic carbocycles. The van der Waals surface area contributed by atoms with Gasteiger partial charge in [-0.25, -0.2) is 8.78 Å². The molecule has 0 aliphatic carbocycles. The van der Waals surface area contributed by atoms with Gasteiger partial charge in [0.15, 0.2) is 5.82 Å². The van der Waals surface area contributed by atoms with E-state index in [4.69, 9.17) is 11.6 Å². The summed E-state index contributed by atoms with van der Waals surface area (Å²) in [4.78, 5) is 12.5. The predicted molar refractivity (Wildman–Crippen MR) is 105 cm³/mol. The zero-order valence-corrected chi connectivity index (χ0v) is 16.8. The van der Waals surface area contributed by atoms with Gasteiger partial charge in [-0.2, -0.15) is 12.5 Å². The zero-order chi connectivity index (χ0) is 21.0. The number of carbonyl (C=O) groups excluding carboxylic acids is 1. The van der Waals surface area contributed by atoms with Gasteiger partial charge in [-0.05, 0) is 31.2 Å². The maximum absolute atomic E-state index is 14.0. The van der Waals surface area contributed by atoms with E-state index in [0.717, 1.165) is 14.6 Å². The summed E-state index contributed by atoms with van der Waals surface area (Å²) in [5.41, 5.74) is 1.03. The predicted octanol–water partition coefficient (Wildman–Crippen LogP) is 3.65. The van der Waals surface area contributed by atoms with Gasteiger partial charge < -0.3 is 9.69 Å². The van der Waals surface area contributed by atoms with Crippen LogP contribution in [0.5, 0.6) is 0 Å². The molecule has 10 heteroatoms. The van der Waals surface area contributed by atoms with E-state index in [9.17, 15) is 22.0 Å². The molecule has 0 N–H and O–H groups in total. The van der Waals surface area contributed by atoms with E-state index < -0.39 is 35.0 Å². The fraction of sp³-hybridized carbons (Fsp3) is 0.263. The largest absolute Gasteiger partial charge is 0.339 e. The van der Waals surface area contributed by atoms with Crippen molar-refractivity contribution in [2.45, 2.75) is 30.2 Å². The second-order valence-corrected chi connectivity index (χ2v) is 9.18. The van der Waals surface area contributed by atoms with Crippen LogP contribution in [0.4, 0.5) is 14.6 Å². The summed E-state index contributed by atoms with van der Waals surface area (Å²) in [6.07, 6.45) is -0.253. The van der Waals surface area contributed by atoms with E-state index in [0.29, 0.717) is 6.29 Å². The molecular weight excluding hydrogens is 424 g/mol. The van der Waals surface area contributed by atoms with Gasteiger partial charge in [-0.15, -0.1) is 5.10 Å². The van der Waals surface area contributed by atoms with Crippen molar-refractivity contribution in [3.63, 3.8) is 0 Å². The maximum Gasteiger partial charge on any atom is 0.283 e. The molecule has 0 radical (unpaired) electrons. The van der Waals surface area contributed by atoms with Crippen LogP contribution >= 0.6 is 11.6 Å². The number of hydrogen-bond acceptors (Lipinski definition) is 5. The molecular formula is C19H16ClF2N3O3S. The Balaban J connectivity index is 1.95. The Hall–Kier alpha value is -2.52. The maximum atomic E-state index is 14.0. The van der Waals surface area contributed by atoms with Crippen LogP contribution in [0.2, 0.25) is 5.02 Å². The number of alkyl halides is 2. The molecule has 6 nitrogen and oxygen atoms in total. The molecule has 0 spiro atoms. The molecule has 1 atom stereocenters. The van der Waals surface area contributed by atoms with E-state index in [1.165, 1.54) is 24.3 Å². The van der Waals surface area contributed by atoms with Gasteiger partial charge in [0.2, 0.25) is 0 Å². The zero-order valence-electron chi connectivity index (χ0n) is 15.2. The highest BCUT2D eigenvalue weighted by Gasteiger charge is 2.46. The summed E-state index contributed by atoms with van der Waals surface area (Å²) < 4.78 is 55.1. The molecule has 0 saturated carbocycles. The third-order valence-electron chi connectivity index (χ3n) is 4.89. The Morgan fingerprint density at radius 3 is 2.55 bits per heavy atom. The van der Waals surface area contributed by atoms with Crippen LogP contribution in [-0.2, 0) is 14.8 Å². The monoisotopic (exact) mass is 439 g/mol. The number of aryl methyl sites for hydroxylation is 1. The van der Waals surface area contributed by atoms with Crippen LogP contribution in [0.15, 0.2) is 47.4 Å². The van der Waals surface area contributed by atoms with E-state index in [1.807, 2.05) is 6.92 Å². The smallest absolute Gasteiger partial charge is 0.283 e. The summed E-state index contributed by atoms with van der Waals surface area (Å²) in [5.74, 6) is -3.16. The summed E-state index contributed by atoms with van der Waals surface area (Å²) in [6.45, 7) is 1.07. The molecule has 1 aliphatic heterocycles. The molecule has 1 fully saturated rings. The molecule has 1 aliphatic rings. The molecule has 29 heavy (non-hydrogen) atoms. The lowest BCUT2D eigenvalue weighted by Gasteiger charge is -2.19. The third kappa shape index (κ3) is 3.28. The first kappa shape index (κ1) is 19.8. The summed E-state index contributed by atoms with van der Waals surface area (Å²) in [7, 11) is -4.12. The number of anilines is 1. The van der Waals surface area contributed by atoms with Crippen molar-refractivity contribution < 1.29 is 22.0 Å². The van der Waals surface area contributed by atoms with Gasteiger partial charge in [0, 0.05) is 6.42 Å². The van der Waals surface area contributed by atoms with Crippen LogP contribution in [-0.4, -0.2) is 42.4 Å². The lowest BCUT2D eigenvalue weighted by molar-refractivity contribution is -0.109. The van der Waals surface area contributed by atoms with E-state index in [-0.39, 0.29) is 26.6 Å². The lowest BCUT2D eigenvalue weighted by atomic mass is 10.2. The molecule has 152 valence electrons. The SMILES string of the molecule is Cc1ccc(S(=O)(=O)n2nc(N3CC(F)(F)C[C@H]3C=O)c3c(Cl)cccc32)cc1. The van der Waals surface area contributed by atoms with Gasteiger partial charge in [-0.1, -0.05) is 35.4 Å². The number of nitrogens with zero attached hydrogens (tertiary/aromatic N) is 3. The summed E-state index contributed by atoms with van der Waals surface area (Å²) >= 11 is 6.28. The lowest BCUT2D eigenvalue weighted by Crippen LogP contribution is -2.32. The molecule has 1 aromatic heterocycles. The number of halogens is 3. The van der Waals surface area contributed by atoms with Crippen molar-refractivity contribution in [1.29, 1.82) is 0 Å². The van der Waals surface area contributed by atoms with E-state index in [2.05, 4.69) is 5.10 Å². The van der Waals surface area contributed by atoms with Crippen molar-refractivity contribution in [3.8, 4) is 0 Å². The second-order valence-electron chi connectivity index (χ2n) is 7.01. The van der Waals surface area contributed by atoms with Gasteiger partial charge >= 0.3 is 0 Å². The van der Waals surface area contributed by atoms with Crippen LogP contribution < -0.4 is 4.90 Å². The van der Waals surface area contributed by atoms with Crippen LogP contribution in [0.1, 0.15) is 12.0 Å². The minimum absolute atomic E-state index is 0.00212. The average Bonchev–Trinajstić information content (AvgIpc) is 3.20. The Labute approximate surface area is 170 Å². The number of rotatable bonds is 4. The average molecular weight is 440 g/mol. The molecule has 3 aromatic rings. The molecule has 0 unspecified atom stereocenters. The van der Waals surface area contributed by atoms with Gasteiger partial charge in [0.05, 0.1) is 33.4 Å². The standard InChI is InChI=1S/C19H16ClF2N3O3S/c1-12-5-7-14(8-6-12)29(27,28)25-16-4-2-3-15(20)17(16)18(23-25)24-11-19(21,22)9-13(24)10-26/h2-8,10,13H,9,11H2,1H3/t13-/m0/s1. The Morgan fingerprint density at radius 1 is 1.21 bits per heavy atom. The van der Waals surface area contributed by atoms with Crippen LogP contribution in [0.25, 0.3) is 10.9 Å². The third-order valence-corrected chi connectivity index (χ3v) is 6.81. The fourth-order valence-corrected chi connectivity index (χ4v) is 5.01. The number of fused-ring (bicyclic) bond motifs is 1. The van der Waals surface area contributed by atoms with Crippen LogP contribution in [0.3, 0.4) is 0 Å². The van der Waals surface area contributed by atoms with Crippen molar-refractivity contribution in [1.82, 2.24) is 9.19 Å². The topological polar surface area (TPSA) is 72.3 Å². The van der Waals surface area contributed by atoms with Crippen molar-refractivity contribution in [3.05, 3.63) is 53.1 Å². The van der Waals surface area contributed by atoms with Gasteiger partial charge in [0.1, 0.15) is 6.29 Å². The van der Waals surface area contributed by atoms with Crippen LogP contribution in [0, 0.1) is 6.92 Å². The van der Waals surface area contributed by atoms with Gasteiger partial charge in [0.25, 0.3) is 15.9 Å². The molecule has 4 rings (SSSR count). The molecule has 0 amide bonds. The number of benzene rings is 2. The Morgan fingerprint density at radius 2 is 1.90 bits per heavy atom. The van der Waals surface area contributed by atoms with E-state index in [1.54, 1.807) is 18.2 Å². The Bertz CT molecular complexity index is 1210. The minimum Gasteiger partial charge on any atom is -0.339 e. The van der Waals surface area contributed by atoms with Crippen molar-refractivity contribution >= 4 is 44.6 Å². The highest BCUT2D eigenvalue weighted by atomic mass is 35.5. The number of aromatic nitrogens is 2. The molecule has 2 heterocycles. The van der Waals surface area contributed by atoms with Crippen molar-refractivity contribution in [2.75, 3.05) is 11.4 Å². The summed E-state index contributed by atoms with van der Waals surface area (Å²) in [5, 5.41) is 4.50. The summed E-state index contributed by atoms with van der Waals surface area (Å²) in [6, 6.07) is 9.62.